The lowest BCUT2D eigenvalue weighted by Crippen LogP contribution is -2.02. The summed E-state index contributed by atoms with van der Waals surface area (Å²) < 4.78 is 13.9. The number of anilines is 1. The zero-order chi connectivity index (χ0) is 13.8. The molecule has 2 rings (SSSR count). The van der Waals surface area contributed by atoms with Gasteiger partial charge in [-0.05, 0) is 58.2 Å². The summed E-state index contributed by atoms with van der Waals surface area (Å²) in [5.74, 6) is -0.305. The van der Waals surface area contributed by atoms with Gasteiger partial charge in [-0.3, -0.25) is 0 Å². The van der Waals surface area contributed by atoms with Crippen LogP contribution in [0.5, 0.6) is 0 Å². The van der Waals surface area contributed by atoms with Gasteiger partial charge in [0.2, 0.25) is 0 Å². The molecule has 0 fully saturated rings. The minimum absolute atomic E-state index is 0.305. The van der Waals surface area contributed by atoms with Gasteiger partial charge in [0.25, 0.3) is 0 Å². The maximum atomic E-state index is 13.5. The lowest BCUT2D eigenvalue weighted by atomic mass is 10.1. The van der Waals surface area contributed by atoms with Crippen LogP contribution in [0.4, 0.5) is 10.1 Å². The number of hydrogen-bond acceptors (Lipinski definition) is 3. The minimum atomic E-state index is -0.305. The van der Waals surface area contributed by atoms with E-state index in [-0.39, 0.29) is 5.82 Å². The maximum absolute atomic E-state index is 13.5. The molecule has 0 radical (unpaired) electrons. The number of rotatable bonds is 3. The van der Waals surface area contributed by atoms with Crippen LogP contribution in [0.15, 0.2) is 34.9 Å². The monoisotopic (exact) mass is 319 g/mol. The van der Waals surface area contributed by atoms with Crippen LogP contribution in [-0.2, 0) is 6.54 Å². The van der Waals surface area contributed by atoms with Crippen molar-refractivity contribution in [1.29, 1.82) is 5.26 Å². The van der Waals surface area contributed by atoms with Crippen molar-refractivity contribution in [3.05, 3.63) is 57.6 Å². The van der Waals surface area contributed by atoms with Crippen molar-refractivity contribution in [3.63, 3.8) is 0 Å². The standard InChI is InChI=1S/C14H11BrFN3/c1-9-4-12(15)13(16)6-14(9)19-8-10-2-3-18-11(5-10)7-17/h2-6,19H,8H2,1H3. The van der Waals surface area contributed by atoms with E-state index in [2.05, 4.69) is 26.2 Å². The van der Waals surface area contributed by atoms with Gasteiger partial charge in [0.15, 0.2) is 0 Å². The Bertz CT molecular complexity index is 650. The SMILES string of the molecule is Cc1cc(Br)c(F)cc1NCc1ccnc(C#N)c1. The average molecular weight is 320 g/mol. The minimum Gasteiger partial charge on any atom is -0.381 e. The molecule has 0 aliphatic heterocycles. The Kier molecular flexibility index (Phi) is 4.13. The highest BCUT2D eigenvalue weighted by Crippen LogP contribution is 2.24. The Labute approximate surface area is 119 Å². The fraction of sp³-hybridized carbons (Fsp3) is 0.143. The number of pyridine rings is 1. The highest BCUT2D eigenvalue weighted by Gasteiger charge is 2.05. The van der Waals surface area contributed by atoms with Crippen LogP contribution in [-0.4, -0.2) is 4.98 Å². The number of hydrogen-bond donors (Lipinski definition) is 1. The molecule has 1 aromatic heterocycles. The first-order chi connectivity index (χ1) is 9.10. The number of nitrogens with zero attached hydrogens (tertiary/aromatic N) is 2. The summed E-state index contributed by atoms with van der Waals surface area (Å²) in [5, 5.41) is 11.9. The molecule has 0 atom stereocenters. The summed E-state index contributed by atoms with van der Waals surface area (Å²) in [5.41, 5.74) is 2.98. The van der Waals surface area contributed by atoms with Crippen LogP contribution in [0.25, 0.3) is 0 Å². The van der Waals surface area contributed by atoms with Crippen LogP contribution in [0.1, 0.15) is 16.8 Å². The van der Waals surface area contributed by atoms with Crippen molar-refractivity contribution in [2.24, 2.45) is 0 Å². The van der Waals surface area contributed by atoms with E-state index < -0.39 is 0 Å². The highest BCUT2D eigenvalue weighted by atomic mass is 79.9. The van der Waals surface area contributed by atoms with Crippen LogP contribution in [0.3, 0.4) is 0 Å². The Balaban J connectivity index is 2.14. The summed E-state index contributed by atoms with van der Waals surface area (Å²) in [6, 6.07) is 8.69. The fourth-order valence-electron chi connectivity index (χ4n) is 1.68. The molecule has 1 heterocycles. The molecule has 0 spiro atoms. The van der Waals surface area contributed by atoms with Gasteiger partial charge in [0.05, 0.1) is 4.47 Å². The fourth-order valence-corrected chi connectivity index (χ4v) is 2.14. The maximum Gasteiger partial charge on any atom is 0.140 e. The van der Waals surface area contributed by atoms with Gasteiger partial charge < -0.3 is 5.32 Å². The van der Waals surface area contributed by atoms with E-state index in [1.54, 1.807) is 18.3 Å². The number of halogens is 2. The molecular weight excluding hydrogens is 309 g/mol. The van der Waals surface area contributed by atoms with Crippen molar-refractivity contribution in [3.8, 4) is 6.07 Å². The van der Waals surface area contributed by atoms with E-state index >= 15 is 0 Å². The second-order valence-electron chi connectivity index (χ2n) is 4.10. The molecule has 1 aromatic carbocycles. The summed E-state index contributed by atoms with van der Waals surface area (Å²) in [7, 11) is 0. The largest absolute Gasteiger partial charge is 0.381 e. The van der Waals surface area contributed by atoms with Gasteiger partial charge >= 0.3 is 0 Å². The topological polar surface area (TPSA) is 48.7 Å². The van der Waals surface area contributed by atoms with Crippen LogP contribution in [0, 0.1) is 24.1 Å². The molecule has 0 aliphatic carbocycles. The quantitative estimate of drug-likeness (QED) is 0.936. The van der Waals surface area contributed by atoms with E-state index in [0.717, 1.165) is 16.8 Å². The summed E-state index contributed by atoms with van der Waals surface area (Å²) in [6.07, 6.45) is 1.59. The number of aromatic nitrogens is 1. The lowest BCUT2D eigenvalue weighted by molar-refractivity contribution is 0.621. The van der Waals surface area contributed by atoms with Crippen LogP contribution >= 0.6 is 15.9 Å². The number of aryl methyl sites for hydroxylation is 1. The van der Waals surface area contributed by atoms with Crippen molar-refractivity contribution in [1.82, 2.24) is 4.98 Å². The third-order valence-electron chi connectivity index (χ3n) is 2.69. The summed E-state index contributed by atoms with van der Waals surface area (Å²) >= 11 is 3.15. The van der Waals surface area contributed by atoms with Crippen molar-refractivity contribution < 1.29 is 4.39 Å². The molecule has 2 aromatic rings. The van der Waals surface area contributed by atoms with E-state index in [4.69, 9.17) is 5.26 Å². The van der Waals surface area contributed by atoms with E-state index in [1.807, 2.05) is 19.1 Å². The first-order valence-corrected chi connectivity index (χ1v) is 6.44. The van der Waals surface area contributed by atoms with Crippen LogP contribution in [0.2, 0.25) is 0 Å². The molecule has 0 aliphatic rings. The van der Waals surface area contributed by atoms with Gasteiger partial charge in [-0.15, -0.1) is 0 Å². The van der Waals surface area contributed by atoms with Gasteiger partial charge in [-0.2, -0.15) is 5.26 Å². The molecule has 0 saturated carbocycles. The average Bonchev–Trinajstić information content (AvgIpc) is 2.41. The molecular formula is C14H11BrFN3. The molecule has 0 bridgehead atoms. The molecule has 0 unspecified atom stereocenters. The Hall–Kier alpha value is -1.93. The Morgan fingerprint density at radius 1 is 1.42 bits per heavy atom. The summed E-state index contributed by atoms with van der Waals surface area (Å²) in [4.78, 5) is 3.90. The van der Waals surface area contributed by atoms with Crippen molar-refractivity contribution >= 4 is 21.6 Å². The predicted octanol–water partition coefficient (Wildman–Crippen LogP) is 3.78. The molecule has 96 valence electrons. The molecule has 5 heteroatoms. The Morgan fingerprint density at radius 2 is 2.21 bits per heavy atom. The zero-order valence-electron chi connectivity index (χ0n) is 10.2. The van der Waals surface area contributed by atoms with Gasteiger partial charge in [-0.25, -0.2) is 9.37 Å². The molecule has 19 heavy (non-hydrogen) atoms. The number of nitrogens with one attached hydrogen (secondary N) is 1. The third kappa shape index (κ3) is 3.30. The van der Waals surface area contributed by atoms with Gasteiger partial charge in [0, 0.05) is 18.4 Å². The summed E-state index contributed by atoms with van der Waals surface area (Å²) in [6.45, 7) is 2.42. The lowest BCUT2D eigenvalue weighted by Gasteiger charge is -2.10. The highest BCUT2D eigenvalue weighted by molar-refractivity contribution is 9.10. The molecule has 1 N–H and O–H groups in total. The van der Waals surface area contributed by atoms with Crippen molar-refractivity contribution in [2.45, 2.75) is 13.5 Å². The first-order valence-electron chi connectivity index (χ1n) is 5.64. The Morgan fingerprint density at radius 3 is 2.95 bits per heavy atom. The van der Waals surface area contributed by atoms with Gasteiger partial charge in [-0.1, -0.05) is 0 Å². The second-order valence-corrected chi connectivity index (χ2v) is 4.95. The smallest absolute Gasteiger partial charge is 0.140 e. The second kappa shape index (κ2) is 5.81. The van der Waals surface area contributed by atoms with Crippen molar-refractivity contribution in [2.75, 3.05) is 5.32 Å². The first kappa shape index (κ1) is 13.5. The zero-order valence-corrected chi connectivity index (χ0v) is 11.8. The molecule has 0 saturated heterocycles. The van der Waals surface area contributed by atoms with E-state index in [1.165, 1.54) is 6.07 Å². The predicted molar refractivity (Wildman–Crippen MR) is 75.1 cm³/mol. The van der Waals surface area contributed by atoms with Crippen LogP contribution < -0.4 is 5.32 Å². The molecule has 0 amide bonds. The van der Waals surface area contributed by atoms with E-state index in [9.17, 15) is 4.39 Å². The van der Waals surface area contributed by atoms with E-state index in [0.29, 0.717) is 16.7 Å². The number of benzene rings is 1. The molecule has 3 nitrogen and oxygen atoms in total. The number of nitriles is 1. The third-order valence-corrected chi connectivity index (χ3v) is 3.30. The normalized spacial score (nSPS) is 10.0. The van der Waals surface area contributed by atoms with Gasteiger partial charge in [0.1, 0.15) is 17.6 Å².